The molecule has 0 spiro atoms. The van der Waals surface area contributed by atoms with Crippen LogP contribution in [0, 0.1) is 5.92 Å². The smallest absolute Gasteiger partial charge is 0.162 e. The van der Waals surface area contributed by atoms with E-state index < -0.39 is 0 Å². The minimum absolute atomic E-state index is 0.356. The van der Waals surface area contributed by atoms with Crippen molar-refractivity contribution < 1.29 is 4.74 Å². The highest BCUT2D eigenvalue weighted by Crippen LogP contribution is 2.46. The van der Waals surface area contributed by atoms with Crippen LogP contribution in [0.4, 0.5) is 0 Å². The number of nitrogens with zero attached hydrogens (tertiary/aromatic N) is 2. The van der Waals surface area contributed by atoms with Crippen LogP contribution in [-0.2, 0) is 10.3 Å². The molecule has 0 bridgehead atoms. The minimum Gasteiger partial charge on any atom is -0.370 e. The molecule has 3 rings (SSSR count). The van der Waals surface area contributed by atoms with Crippen molar-refractivity contribution in [1.82, 2.24) is 9.97 Å². The van der Waals surface area contributed by atoms with Crippen LogP contribution >= 0.6 is 27.5 Å². The number of hydrogen-bond donors (Lipinski definition) is 0. The molecule has 0 amide bonds. The molecule has 2 aliphatic carbocycles. The summed E-state index contributed by atoms with van der Waals surface area (Å²) in [7, 11) is 1.77. The predicted octanol–water partition coefficient (Wildman–Crippen LogP) is 4.82. The summed E-state index contributed by atoms with van der Waals surface area (Å²) in [5.74, 6) is 1.96. The zero-order chi connectivity index (χ0) is 14.3. The summed E-state index contributed by atoms with van der Waals surface area (Å²) in [6.07, 6.45) is 6.76. The topological polar surface area (TPSA) is 35.0 Å². The molecule has 0 N–H and O–H groups in total. The lowest BCUT2D eigenvalue weighted by molar-refractivity contribution is -0.0647. The second-order valence-electron chi connectivity index (χ2n) is 6.21. The summed E-state index contributed by atoms with van der Waals surface area (Å²) in [4.78, 5) is 9.36. The maximum atomic E-state index is 6.31. The third kappa shape index (κ3) is 2.62. The van der Waals surface area contributed by atoms with Gasteiger partial charge in [-0.3, -0.25) is 0 Å². The highest BCUT2D eigenvalue weighted by atomic mass is 79.9. The molecule has 5 heteroatoms. The quantitative estimate of drug-likeness (QED) is 0.726. The van der Waals surface area contributed by atoms with Crippen molar-refractivity contribution in [3.8, 4) is 0 Å². The summed E-state index contributed by atoms with van der Waals surface area (Å²) in [6.45, 7) is 2.27. The van der Waals surface area contributed by atoms with Gasteiger partial charge in [-0.1, -0.05) is 24.9 Å². The molecular weight excluding hydrogens is 340 g/mol. The Balaban J connectivity index is 2.03. The van der Waals surface area contributed by atoms with E-state index in [9.17, 15) is 0 Å². The molecule has 1 aromatic rings. The van der Waals surface area contributed by atoms with E-state index in [4.69, 9.17) is 21.3 Å². The fourth-order valence-electron chi connectivity index (χ4n) is 3.25. The predicted molar refractivity (Wildman–Crippen MR) is 83.0 cm³/mol. The van der Waals surface area contributed by atoms with Gasteiger partial charge in [0.1, 0.15) is 10.8 Å². The zero-order valence-electron chi connectivity index (χ0n) is 12.0. The van der Waals surface area contributed by atoms with Gasteiger partial charge in [0.15, 0.2) is 5.82 Å². The van der Waals surface area contributed by atoms with Gasteiger partial charge in [-0.05, 0) is 54.0 Å². The molecule has 20 heavy (non-hydrogen) atoms. The zero-order valence-corrected chi connectivity index (χ0v) is 14.3. The summed E-state index contributed by atoms with van der Waals surface area (Å²) in [5, 5.41) is 0.520. The summed E-state index contributed by atoms with van der Waals surface area (Å²) in [5.41, 5.74) is 0.709. The van der Waals surface area contributed by atoms with Crippen molar-refractivity contribution in [1.29, 1.82) is 0 Å². The van der Waals surface area contributed by atoms with Crippen LogP contribution in [0.15, 0.2) is 4.47 Å². The normalized spacial score (nSPS) is 30.5. The highest BCUT2D eigenvalue weighted by molar-refractivity contribution is 9.10. The van der Waals surface area contributed by atoms with Gasteiger partial charge in [0.05, 0.1) is 10.2 Å². The third-order valence-electron chi connectivity index (χ3n) is 4.55. The Morgan fingerprint density at radius 1 is 1.30 bits per heavy atom. The SMILES string of the molecule is COC1(c2nc(Cl)c(Br)c(C3CC3)n2)CCCC(C)C1. The molecule has 2 aliphatic rings. The number of rotatable bonds is 3. The van der Waals surface area contributed by atoms with Crippen molar-refractivity contribution in [3.05, 3.63) is 21.1 Å². The van der Waals surface area contributed by atoms with Crippen LogP contribution in [0.5, 0.6) is 0 Å². The maximum absolute atomic E-state index is 6.31. The van der Waals surface area contributed by atoms with Crippen molar-refractivity contribution >= 4 is 27.5 Å². The van der Waals surface area contributed by atoms with Crippen molar-refractivity contribution in [2.75, 3.05) is 7.11 Å². The summed E-state index contributed by atoms with van der Waals surface area (Å²) >= 11 is 9.84. The van der Waals surface area contributed by atoms with Crippen LogP contribution in [0.25, 0.3) is 0 Å². The van der Waals surface area contributed by atoms with Gasteiger partial charge in [-0.15, -0.1) is 0 Å². The van der Waals surface area contributed by atoms with Gasteiger partial charge in [-0.2, -0.15) is 0 Å². The molecule has 2 atom stereocenters. The van der Waals surface area contributed by atoms with Crippen molar-refractivity contribution in [3.63, 3.8) is 0 Å². The van der Waals surface area contributed by atoms with E-state index in [0.29, 0.717) is 17.0 Å². The maximum Gasteiger partial charge on any atom is 0.162 e. The molecule has 1 aromatic heterocycles. The molecule has 2 fully saturated rings. The molecule has 0 aromatic carbocycles. The molecule has 0 radical (unpaired) electrons. The number of methoxy groups -OCH3 is 1. The van der Waals surface area contributed by atoms with Gasteiger partial charge < -0.3 is 4.74 Å². The first kappa shape index (κ1) is 14.7. The minimum atomic E-state index is -0.356. The van der Waals surface area contributed by atoms with Crippen LogP contribution in [0.2, 0.25) is 5.15 Å². The molecule has 0 aliphatic heterocycles. The molecular formula is C15H20BrClN2O. The Kier molecular flexibility index (Phi) is 4.08. The van der Waals surface area contributed by atoms with E-state index in [1.54, 1.807) is 7.11 Å². The van der Waals surface area contributed by atoms with E-state index in [-0.39, 0.29) is 5.60 Å². The highest BCUT2D eigenvalue weighted by Gasteiger charge is 2.41. The van der Waals surface area contributed by atoms with E-state index >= 15 is 0 Å². The first-order valence-corrected chi connectivity index (χ1v) is 8.51. The molecule has 3 nitrogen and oxygen atoms in total. The fourth-order valence-corrected chi connectivity index (χ4v) is 3.93. The van der Waals surface area contributed by atoms with Gasteiger partial charge >= 0.3 is 0 Å². The number of hydrogen-bond acceptors (Lipinski definition) is 3. The molecule has 2 unspecified atom stereocenters. The Morgan fingerprint density at radius 3 is 2.65 bits per heavy atom. The van der Waals surface area contributed by atoms with E-state index in [1.165, 1.54) is 19.3 Å². The van der Waals surface area contributed by atoms with Crippen molar-refractivity contribution in [2.45, 2.75) is 57.0 Å². The molecule has 110 valence electrons. The monoisotopic (exact) mass is 358 g/mol. The summed E-state index contributed by atoms with van der Waals surface area (Å²) in [6, 6.07) is 0. The second-order valence-corrected chi connectivity index (χ2v) is 7.36. The average molecular weight is 360 g/mol. The van der Waals surface area contributed by atoms with Crippen molar-refractivity contribution in [2.24, 2.45) is 5.92 Å². The number of aromatic nitrogens is 2. The lowest BCUT2D eigenvalue weighted by atomic mass is 9.78. The van der Waals surface area contributed by atoms with Gasteiger partial charge in [-0.25, -0.2) is 9.97 Å². The van der Waals surface area contributed by atoms with Gasteiger partial charge in [0.25, 0.3) is 0 Å². The van der Waals surface area contributed by atoms with Crippen LogP contribution in [-0.4, -0.2) is 17.1 Å². The first-order chi connectivity index (χ1) is 9.55. The largest absolute Gasteiger partial charge is 0.370 e. The Bertz CT molecular complexity index is 521. The Morgan fingerprint density at radius 2 is 2.05 bits per heavy atom. The lowest BCUT2D eigenvalue weighted by Gasteiger charge is -2.37. The summed E-state index contributed by atoms with van der Waals surface area (Å²) < 4.78 is 6.75. The first-order valence-electron chi connectivity index (χ1n) is 7.34. The van der Waals surface area contributed by atoms with Crippen LogP contribution in [0.1, 0.15) is 62.9 Å². The van der Waals surface area contributed by atoms with E-state index in [0.717, 1.165) is 35.3 Å². The Hall–Kier alpha value is -0.190. The van der Waals surface area contributed by atoms with Crippen LogP contribution < -0.4 is 0 Å². The lowest BCUT2D eigenvalue weighted by Crippen LogP contribution is -2.36. The number of ether oxygens (including phenoxy) is 1. The molecule has 2 saturated carbocycles. The average Bonchev–Trinajstić information content (AvgIpc) is 3.26. The number of halogens is 2. The van der Waals surface area contributed by atoms with Gasteiger partial charge in [0, 0.05) is 13.0 Å². The van der Waals surface area contributed by atoms with Crippen LogP contribution in [0.3, 0.4) is 0 Å². The van der Waals surface area contributed by atoms with Gasteiger partial charge in [0.2, 0.25) is 0 Å². The second kappa shape index (κ2) is 5.54. The van der Waals surface area contributed by atoms with E-state index in [1.807, 2.05) is 0 Å². The molecule has 0 saturated heterocycles. The third-order valence-corrected chi connectivity index (χ3v) is 5.84. The fraction of sp³-hybridized carbons (Fsp3) is 0.733. The molecule has 1 heterocycles. The standard InChI is InChI=1S/C15H20BrClN2O/c1-9-4-3-7-15(8-9,20-2)14-18-12(10-5-6-10)11(16)13(17)19-14/h9-10H,3-8H2,1-2H3. The van der Waals surface area contributed by atoms with E-state index in [2.05, 4.69) is 27.8 Å². The Labute approximate surface area is 133 Å².